The maximum atomic E-state index is 9.82. The fourth-order valence-electron chi connectivity index (χ4n) is 2.23. The van der Waals surface area contributed by atoms with E-state index in [-0.39, 0.29) is 6.10 Å². The van der Waals surface area contributed by atoms with Gasteiger partial charge in [0.25, 0.3) is 0 Å². The van der Waals surface area contributed by atoms with Crippen LogP contribution in [0.3, 0.4) is 0 Å². The van der Waals surface area contributed by atoms with Gasteiger partial charge in [-0.05, 0) is 30.5 Å². The number of rotatable bonds is 2. The highest BCUT2D eigenvalue weighted by molar-refractivity contribution is 5.33. The van der Waals surface area contributed by atoms with Crippen LogP contribution < -0.4 is 5.32 Å². The van der Waals surface area contributed by atoms with E-state index in [0.29, 0.717) is 6.04 Å². The minimum absolute atomic E-state index is 0.263. The minimum atomic E-state index is -0.263. The summed E-state index contributed by atoms with van der Waals surface area (Å²) in [6, 6.07) is 8.62. The molecule has 1 aliphatic carbocycles. The summed E-state index contributed by atoms with van der Waals surface area (Å²) in [5, 5.41) is 13.3. The Labute approximate surface area is 85.0 Å². The van der Waals surface area contributed by atoms with Crippen molar-refractivity contribution in [1.29, 1.82) is 0 Å². The molecular weight excluding hydrogens is 174 g/mol. The van der Waals surface area contributed by atoms with E-state index in [0.717, 1.165) is 24.9 Å². The monoisotopic (exact) mass is 191 g/mol. The molecule has 0 radical (unpaired) electrons. The molecule has 0 bridgehead atoms. The highest BCUT2D eigenvalue weighted by atomic mass is 16.3. The standard InChI is InChI=1S/C12H17NO/c1-2-13-11-7-8-12(14)10-6-4-3-5-9(10)11/h3-6,11-14H,2,7-8H2,1H3/t11-,12+/m0/s1. The lowest BCUT2D eigenvalue weighted by atomic mass is 9.86. The van der Waals surface area contributed by atoms with Gasteiger partial charge >= 0.3 is 0 Å². The summed E-state index contributed by atoms with van der Waals surface area (Å²) >= 11 is 0. The maximum Gasteiger partial charge on any atom is 0.0794 e. The van der Waals surface area contributed by atoms with E-state index < -0.39 is 0 Å². The second-order valence-corrected chi connectivity index (χ2v) is 3.83. The number of hydrogen-bond donors (Lipinski definition) is 2. The van der Waals surface area contributed by atoms with Crippen molar-refractivity contribution in [2.45, 2.75) is 31.9 Å². The lowest BCUT2D eigenvalue weighted by Gasteiger charge is -2.29. The lowest BCUT2D eigenvalue weighted by molar-refractivity contribution is 0.147. The van der Waals surface area contributed by atoms with Gasteiger partial charge in [-0.1, -0.05) is 31.2 Å². The van der Waals surface area contributed by atoms with Crippen LogP contribution in [0, 0.1) is 0 Å². The summed E-state index contributed by atoms with van der Waals surface area (Å²) in [5.74, 6) is 0. The Bertz CT molecular complexity index is 311. The topological polar surface area (TPSA) is 32.3 Å². The SMILES string of the molecule is CCN[C@H]1CC[C@@H](O)c2ccccc21. The minimum Gasteiger partial charge on any atom is -0.388 e. The van der Waals surface area contributed by atoms with Crippen LogP contribution >= 0.6 is 0 Å². The van der Waals surface area contributed by atoms with Crippen LogP contribution in [0.25, 0.3) is 0 Å². The summed E-state index contributed by atoms with van der Waals surface area (Å²) in [6.45, 7) is 3.10. The zero-order chi connectivity index (χ0) is 9.97. The van der Waals surface area contributed by atoms with Crippen LogP contribution in [0.5, 0.6) is 0 Å². The Kier molecular flexibility index (Phi) is 2.85. The van der Waals surface area contributed by atoms with Crippen molar-refractivity contribution >= 4 is 0 Å². The van der Waals surface area contributed by atoms with E-state index in [9.17, 15) is 5.11 Å². The quantitative estimate of drug-likeness (QED) is 0.751. The molecule has 0 aliphatic heterocycles. The van der Waals surface area contributed by atoms with Crippen LogP contribution in [0.15, 0.2) is 24.3 Å². The molecule has 0 amide bonds. The number of benzene rings is 1. The highest BCUT2D eigenvalue weighted by Gasteiger charge is 2.24. The van der Waals surface area contributed by atoms with Gasteiger partial charge < -0.3 is 10.4 Å². The zero-order valence-corrected chi connectivity index (χ0v) is 8.53. The Morgan fingerprint density at radius 3 is 2.71 bits per heavy atom. The third-order valence-electron chi connectivity index (χ3n) is 2.91. The second kappa shape index (κ2) is 4.11. The average Bonchev–Trinajstić information content (AvgIpc) is 2.23. The first-order chi connectivity index (χ1) is 6.83. The van der Waals surface area contributed by atoms with E-state index >= 15 is 0 Å². The van der Waals surface area contributed by atoms with Crippen LogP contribution in [0.1, 0.15) is 43.0 Å². The predicted octanol–water partition coefficient (Wildman–Crippen LogP) is 2.16. The molecule has 0 heterocycles. The van der Waals surface area contributed by atoms with E-state index in [1.54, 1.807) is 0 Å². The third kappa shape index (κ3) is 1.68. The van der Waals surface area contributed by atoms with Crippen LogP contribution in [-0.2, 0) is 0 Å². The molecule has 2 N–H and O–H groups in total. The van der Waals surface area contributed by atoms with Crippen molar-refractivity contribution in [3.63, 3.8) is 0 Å². The van der Waals surface area contributed by atoms with Gasteiger partial charge in [0, 0.05) is 6.04 Å². The van der Waals surface area contributed by atoms with Gasteiger partial charge in [0.05, 0.1) is 6.10 Å². The summed E-state index contributed by atoms with van der Waals surface area (Å²) in [6.07, 6.45) is 1.64. The summed E-state index contributed by atoms with van der Waals surface area (Å²) < 4.78 is 0. The molecule has 14 heavy (non-hydrogen) atoms. The normalized spacial score (nSPS) is 25.9. The number of hydrogen-bond acceptors (Lipinski definition) is 2. The second-order valence-electron chi connectivity index (χ2n) is 3.83. The van der Waals surface area contributed by atoms with Crippen LogP contribution in [0.4, 0.5) is 0 Å². The molecule has 76 valence electrons. The van der Waals surface area contributed by atoms with Crippen LogP contribution in [-0.4, -0.2) is 11.7 Å². The van der Waals surface area contributed by atoms with Gasteiger partial charge in [-0.25, -0.2) is 0 Å². The first-order valence-electron chi connectivity index (χ1n) is 5.33. The largest absolute Gasteiger partial charge is 0.388 e. The number of aliphatic hydroxyl groups excluding tert-OH is 1. The van der Waals surface area contributed by atoms with Gasteiger partial charge in [-0.15, -0.1) is 0 Å². The molecule has 1 aliphatic rings. The Morgan fingerprint density at radius 2 is 2.00 bits per heavy atom. The molecule has 2 nitrogen and oxygen atoms in total. The summed E-state index contributed by atoms with van der Waals surface area (Å²) in [5.41, 5.74) is 2.37. The molecule has 0 fully saturated rings. The maximum absolute atomic E-state index is 9.82. The molecule has 0 saturated carbocycles. The molecular formula is C12H17NO. The van der Waals surface area contributed by atoms with Crippen molar-refractivity contribution in [3.8, 4) is 0 Å². The Morgan fingerprint density at radius 1 is 1.29 bits per heavy atom. The van der Waals surface area contributed by atoms with E-state index in [1.165, 1.54) is 5.56 Å². The molecule has 0 aromatic heterocycles. The molecule has 0 unspecified atom stereocenters. The van der Waals surface area contributed by atoms with Gasteiger partial charge in [0.2, 0.25) is 0 Å². The lowest BCUT2D eigenvalue weighted by Crippen LogP contribution is -2.26. The fourth-order valence-corrected chi connectivity index (χ4v) is 2.23. The number of nitrogens with one attached hydrogen (secondary N) is 1. The smallest absolute Gasteiger partial charge is 0.0794 e. The van der Waals surface area contributed by atoms with Gasteiger partial charge in [0.15, 0.2) is 0 Å². The van der Waals surface area contributed by atoms with Crippen molar-refractivity contribution < 1.29 is 5.11 Å². The number of fused-ring (bicyclic) bond motifs is 1. The Hall–Kier alpha value is -0.860. The van der Waals surface area contributed by atoms with Crippen molar-refractivity contribution in [2.24, 2.45) is 0 Å². The average molecular weight is 191 g/mol. The molecule has 0 saturated heterocycles. The first-order valence-corrected chi connectivity index (χ1v) is 5.33. The van der Waals surface area contributed by atoms with Gasteiger partial charge in [-0.3, -0.25) is 0 Å². The zero-order valence-electron chi connectivity index (χ0n) is 8.53. The molecule has 2 heteroatoms. The molecule has 1 aromatic rings. The van der Waals surface area contributed by atoms with E-state index in [1.807, 2.05) is 18.2 Å². The van der Waals surface area contributed by atoms with Crippen molar-refractivity contribution in [1.82, 2.24) is 5.32 Å². The molecule has 2 rings (SSSR count). The predicted molar refractivity (Wildman–Crippen MR) is 57.1 cm³/mol. The summed E-state index contributed by atoms with van der Waals surface area (Å²) in [7, 11) is 0. The molecule has 1 aromatic carbocycles. The summed E-state index contributed by atoms with van der Waals surface area (Å²) in [4.78, 5) is 0. The van der Waals surface area contributed by atoms with Gasteiger partial charge in [-0.2, -0.15) is 0 Å². The van der Waals surface area contributed by atoms with Crippen molar-refractivity contribution in [2.75, 3.05) is 6.54 Å². The van der Waals surface area contributed by atoms with Crippen LogP contribution in [0.2, 0.25) is 0 Å². The van der Waals surface area contributed by atoms with E-state index in [4.69, 9.17) is 0 Å². The Balaban J connectivity index is 2.31. The fraction of sp³-hybridized carbons (Fsp3) is 0.500. The molecule has 0 spiro atoms. The van der Waals surface area contributed by atoms with Gasteiger partial charge in [0.1, 0.15) is 0 Å². The first kappa shape index (κ1) is 9.69. The molecule has 2 atom stereocenters. The van der Waals surface area contributed by atoms with Crippen molar-refractivity contribution in [3.05, 3.63) is 35.4 Å². The van der Waals surface area contributed by atoms with E-state index in [2.05, 4.69) is 18.3 Å². The number of aliphatic hydroxyl groups is 1. The third-order valence-corrected chi connectivity index (χ3v) is 2.91. The highest BCUT2D eigenvalue weighted by Crippen LogP contribution is 2.35.